The molecule has 0 aliphatic heterocycles. The smallest absolute Gasteiger partial charge is 0.313 e. The summed E-state index contributed by atoms with van der Waals surface area (Å²) >= 11 is 0. The van der Waals surface area contributed by atoms with Crippen molar-refractivity contribution in [2.45, 2.75) is 52.0 Å². The molecule has 2 rings (SSSR count). The molecule has 1 aliphatic carbocycles. The van der Waals surface area contributed by atoms with Crippen LogP contribution in [0.3, 0.4) is 0 Å². The van der Waals surface area contributed by atoms with Crippen molar-refractivity contribution in [2.75, 3.05) is 5.32 Å². The van der Waals surface area contributed by atoms with E-state index in [9.17, 15) is 9.59 Å². The van der Waals surface area contributed by atoms with Gasteiger partial charge >= 0.3 is 11.8 Å². The van der Waals surface area contributed by atoms with Crippen LogP contribution in [0.15, 0.2) is 24.3 Å². The van der Waals surface area contributed by atoms with Crippen molar-refractivity contribution >= 4 is 17.5 Å². The molecule has 0 aromatic heterocycles. The molecule has 1 aliphatic rings. The summed E-state index contributed by atoms with van der Waals surface area (Å²) in [7, 11) is 0. The van der Waals surface area contributed by atoms with Crippen molar-refractivity contribution in [1.82, 2.24) is 5.32 Å². The second-order valence-electron chi connectivity index (χ2n) is 5.81. The summed E-state index contributed by atoms with van der Waals surface area (Å²) in [6, 6.07) is 7.69. The summed E-state index contributed by atoms with van der Waals surface area (Å²) in [5.74, 6) is -0.660. The lowest BCUT2D eigenvalue weighted by atomic mass is 9.86. The maximum Gasteiger partial charge on any atom is 0.313 e. The Labute approximate surface area is 126 Å². The quantitative estimate of drug-likeness (QED) is 0.840. The fraction of sp³-hybridized carbons (Fsp3) is 0.529. The first kappa shape index (κ1) is 15.5. The molecule has 4 heteroatoms. The van der Waals surface area contributed by atoms with E-state index in [1.165, 1.54) is 6.42 Å². The molecule has 0 heterocycles. The van der Waals surface area contributed by atoms with Crippen LogP contribution in [-0.2, 0) is 16.0 Å². The Morgan fingerprint density at radius 2 is 1.86 bits per heavy atom. The normalized spacial score (nSPS) is 21.6. The second kappa shape index (κ2) is 7.25. The van der Waals surface area contributed by atoms with Gasteiger partial charge in [0.15, 0.2) is 0 Å². The molecule has 1 saturated carbocycles. The van der Waals surface area contributed by atoms with Crippen LogP contribution in [0.25, 0.3) is 0 Å². The number of aryl methyl sites for hydroxylation is 1. The summed E-state index contributed by atoms with van der Waals surface area (Å²) in [5.41, 5.74) is 1.75. The van der Waals surface area contributed by atoms with Crippen molar-refractivity contribution in [3.8, 4) is 0 Å². The maximum atomic E-state index is 12.0. The standard InChI is InChI=1S/C17H24N2O2/c1-3-13-9-5-7-11-15(13)19-17(21)16(20)18-14-10-6-4-8-12(14)2/h5,7,9,11-12,14H,3-4,6,8,10H2,1-2H3,(H,18,20)(H,19,21)/t12-,14-/m0/s1. The number of benzene rings is 1. The van der Waals surface area contributed by atoms with E-state index >= 15 is 0 Å². The van der Waals surface area contributed by atoms with Crippen LogP contribution < -0.4 is 10.6 Å². The number of carbonyl (C=O) groups excluding carboxylic acids is 2. The zero-order valence-corrected chi connectivity index (χ0v) is 12.8. The van der Waals surface area contributed by atoms with E-state index in [1.54, 1.807) is 0 Å². The molecular formula is C17H24N2O2. The fourth-order valence-corrected chi connectivity index (χ4v) is 2.89. The Morgan fingerprint density at radius 1 is 1.14 bits per heavy atom. The monoisotopic (exact) mass is 288 g/mol. The SMILES string of the molecule is CCc1ccccc1NC(=O)C(=O)N[C@H]1CCCC[C@@H]1C. The van der Waals surface area contributed by atoms with Gasteiger partial charge in [0.05, 0.1) is 0 Å². The topological polar surface area (TPSA) is 58.2 Å². The summed E-state index contributed by atoms with van der Waals surface area (Å²) in [4.78, 5) is 24.1. The summed E-state index contributed by atoms with van der Waals surface area (Å²) < 4.78 is 0. The molecule has 4 nitrogen and oxygen atoms in total. The van der Waals surface area contributed by atoms with E-state index in [4.69, 9.17) is 0 Å². The number of nitrogens with one attached hydrogen (secondary N) is 2. The molecule has 0 bridgehead atoms. The maximum absolute atomic E-state index is 12.0. The van der Waals surface area contributed by atoms with Crippen molar-refractivity contribution < 1.29 is 9.59 Å². The second-order valence-corrected chi connectivity index (χ2v) is 5.81. The van der Waals surface area contributed by atoms with E-state index < -0.39 is 11.8 Å². The molecule has 0 radical (unpaired) electrons. The summed E-state index contributed by atoms with van der Waals surface area (Å²) in [6.45, 7) is 4.16. The minimum absolute atomic E-state index is 0.124. The zero-order chi connectivity index (χ0) is 15.2. The number of hydrogen-bond donors (Lipinski definition) is 2. The van der Waals surface area contributed by atoms with Gasteiger partial charge in [-0.2, -0.15) is 0 Å². The molecule has 1 fully saturated rings. The Bertz CT molecular complexity index is 513. The number of para-hydroxylation sites is 1. The number of hydrogen-bond acceptors (Lipinski definition) is 2. The van der Waals surface area contributed by atoms with Crippen LogP contribution in [0.5, 0.6) is 0 Å². The third-order valence-electron chi connectivity index (χ3n) is 4.28. The predicted octanol–water partition coefficient (Wildman–Crippen LogP) is 2.88. The molecule has 2 atom stereocenters. The first-order chi connectivity index (χ1) is 10.1. The molecule has 0 unspecified atom stereocenters. The van der Waals surface area contributed by atoms with E-state index in [2.05, 4.69) is 17.6 Å². The van der Waals surface area contributed by atoms with Crippen molar-refractivity contribution in [2.24, 2.45) is 5.92 Å². The third kappa shape index (κ3) is 4.06. The van der Waals surface area contributed by atoms with Crippen LogP contribution in [0.4, 0.5) is 5.69 Å². The number of amides is 2. The highest BCUT2D eigenvalue weighted by atomic mass is 16.2. The minimum Gasteiger partial charge on any atom is -0.345 e. The predicted molar refractivity (Wildman–Crippen MR) is 84.0 cm³/mol. The van der Waals surface area contributed by atoms with E-state index in [0.717, 1.165) is 36.9 Å². The largest absolute Gasteiger partial charge is 0.345 e. The van der Waals surface area contributed by atoms with Crippen molar-refractivity contribution in [3.63, 3.8) is 0 Å². The van der Waals surface area contributed by atoms with Crippen molar-refractivity contribution in [3.05, 3.63) is 29.8 Å². The molecule has 114 valence electrons. The first-order valence-corrected chi connectivity index (χ1v) is 7.81. The van der Waals surface area contributed by atoms with E-state index in [1.807, 2.05) is 31.2 Å². The number of carbonyl (C=O) groups is 2. The first-order valence-electron chi connectivity index (χ1n) is 7.81. The highest BCUT2D eigenvalue weighted by Gasteiger charge is 2.25. The van der Waals surface area contributed by atoms with Crippen LogP contribution in [0.2, 0.25) is 0 Å². The minimum atomic E-state index is -0.575. The van der Waals surface area contributed by atoms with Gasteiger partial charge in [0.1, 0.15) is 0 Å². The van der Waals surface area contributed by atoms with Gasteiger partial charge in [-0.15, -0.1) is 0 Å². The van der Waals surface area contributed by atoms with Crippen LogP contribution in [0.1, 0.15) is 45.1 Å². The lowest BCUT2D eigenvalue weighted by Crippen LogP contribution is -2.45. The molecular weight excluding hydrogens is 264 g/mol. The number of rotatable bonds is 3. The van der Waals surface area contributed by atoms with Gasteiger partial charge in [0.25, 0.3) is 0 Å². The molecule has 2 N–H and O–H groups in total. The summed E-state index contributed by atoms with van der Waals surface area (Å²) in [6.07, 6.45) is 5.23. The van der Waals surface area contributed by atoms with Gasteiger partial charge in [-0.3, -0.25) is 9.59 Å². The van der Waals surface area contributed by atoms with Crippen LogP contribution in [-0.4, -0.2) is 17.9 Å². The molecule has 21 heavy (non-hydrogen) atoms. The Morgan fingerprint density at radius 3 is 2.57 bits per heavy atom. The Balaban J connectivity index is 1.94. The molecule has 0 spiro atoms. The van der Waals surface area contributed by atoms with Gasteiger partial charge in [-0.05, 0) is 36.8 Å². The fourth-order valence-electron chi connectivity index (χ4n) is 2.89. The van der Waals surface area contributed by atoms with Gasteiger partial charge in [0, 0.05) is 11.7 Å². The van der Waals surface area contributed by atoms with E-state index in [0.29, 0.717) is 5.92 Å². The third-order valence-corrected chi connectivity index (χ3v) is 4.28. The van der Waals surface area contributed by atoms with Gasteiger partial charge in [-0.25, -0.2) is 0 Å². The average molecular weight is 288 g/mol. The molecule has 1 aromatic rings. The molecule has 2 amide bonds. The lowest BCUT2D eigenvalue weighted by molar-refractivity contribution is -0.137. The zero-order valence-electron chi connectivity index (χ0n) is 12.8. The van der Waals surface area contributed by atoms with E-state index in [-0.39, 0.29) is 6.04 Å². The Hall–Kier alpha value is -1.84. The van der Waals surface area contributed by atoms with Gasteiger partial charge in [-0.1, -0.05) is 44.9 Å². The van der Waals surface area contributed by atoms with Crippen molar-refractivity contribution in [1.29, 1.82) is 0 Å². The average Bonchev–Trinajstić information content (AvgIpc) is 2.50. The highest BCUT2D eigenvalue weighted by molar-refractivity contribution is 6.39. The lowest BCUT2D eigenvalue weighted by Gasteiger charge is -2.29. The number of anilines is 1. The van der Waals surface area contributed by atoms with Gasteiger partial charge < -0.3 is 10.6 Å². The van der Waals surface area contributed by atoms with Crippen LogP contribution >= 0.6 is 0 Å². The summed E-state index contributed by atoms with van der Waals surface area (Å²) in [5, 5.41) is 5.59. The molecule has 1 aromatic carbocycles. The van der Waals surface area contributed by atoms with Crippen LogP contribution in [0, 0.1) is 5.92 Å². The molecule has 0 saturated heterocycles. The van der Waals surface area contributed by atoms with Gasteiger partial charge in [0.2, 0.25) is 0 Å². The highest BCUT2D eigenvalue weighted by Crippen LogP contribution is 2.23. The Kier molecular flexibility index (Phi) is 5.37.